The Morgan fingerprint density at radius 3 is 2.48 bits per heavy atom. The number of likely N-dealkylation sites (tertiary alicyclic amines) is 1. The molecule has 0 spiro atoms. The molecule has 0 saturated carbocycles. The number of nitrogens with one attached hydrogen (secondary N) is 1. The van der Waals surface area contributed by atoms with E-state index in [0.717, 1.165) is 5.13 Å². The predicted octanol–water partition coefficient (Wildman–Crippen LogP) is 1.01. The van der Waals surface area contributed by atoms with Crippen molar-refractivity contribution in [3.63, 3.8) is 0 Å². The van der Waals surface area contributed by atoms with E-state index in [1.165, 1.54) is 18.4 Å². The molecular weight excluding hydrogens is 388 g/mol. The lowest BCUT2D eigenvalue weighted by Crippen LogP contribution is -2.44. The van der Waals surface area contributed by atoms with Gasteiger partial charge >= 0.3 is 0 Å². The minimum absolute atomic E-state index is 0.120. The molecule has 3 rings (SSSR count). The Morgan fingerprint density at radius 2 is 1.89 bits per heavy atom. The van der Waals surface area contributed by atoms with Crippen molar-refractivity contribution in [2.45, 2.75) is 25.0 Å². The second kappa shape index (κ2) is 7.81. The van der Waals surface area contributed by atoms with Crippen LogP contribution in [0.4, 0.5) is 0 Å². The first kappa shape index (κ1) is 19.6. The lowest BCUT2D eigenvalue weighted by Gasteiger charge is -2.31. The van der Waals surface area contributed by atoms with Crippen molar-refractivity contribution < 1.29 is 18.0 Å². The largest absolute Gasteiger partial charge is 0.358 e. The van der Waals surface area contributed by atoms with Gasteiger partial charge in [-0.3, -0.25) is 9.59 Å². The van der Waals surface area contributed by atoms with Gasteiger partial charge in [-0.15, -0.1) is 0 Å². The Morgan fingerprint density at radius 1 is 1.26 bits per heavy atom. The van der Waals surface area contributed by atoms with Crippen LogP contribution in [0.5, 0.6) is 0 Å². The Hall–Kier alpha value is -2.20. The summed E-state index contributed by atoms with van der Waals surface area (Å²) in [6.45, 7) is 2.51. The van der Waals surface area contributed by atoms with E-state index in [4.69, 9.17) is 0 Å². The summed E-state index contributed by atoms with van der Waals surface area (Å²) in [5, 5.41) is 2.48. The molecule has 1 saturated heterocycles. The van der Waals surface area contributed by atoms with E-state index < -0.39 is 26.7 Å². The zero-order valence-electron chi connectivity index (χ0n) is 15.2. The summed E-state index contributed by atoms with van der Waals surface area (Å²) >= 11 is 1.33. The van der Waals surface area contributed by atoms with Crippen molar-refractivity contribution in [3.05, 3.63) is 35.1 Å². The fourth-order valence-electron chi connectivity index (χ4n) is 3.09. The molecule has 1 aliphatic rings. The Labute approximate surface area is 162 Å². The minimum atomic E-state index is -3.51. The molecule has 2 aromatic rings. The van der Waals surface area contributed by atoms with Gasteiger partial charge < -0.3 is 14.8 Å². The Balaban J connectivity index is 1.66. The number of nitrogens with zero attached hydrogens (tertiary/aromatic N) is 3. The van der Waals surface area contributed by atoms with Crippen molar-refractivity contribution in [1.29, 1.82) is 0 Å². The minimum Gasteiger partial charge on any atom is -0.358 e. The SMILES string of the molecule is CNC(=O)CS(=O)(=O)C1CCN(C(=O)c2sc(-n3cccc3)nc2C)CC1. The molecule has 27 heavy (non-hydrogen) atoms. The van der Waals surface area contributed by atoms with Gasteiger partial charge in [-0.1, -0.05) is 11.3 Å². The third-order valence-corrected chi connectivity index (χ3v) is 7.96. The predicted molar refractivity (Wildman–Crippen MR) is 103 cm³/mol. The molecule has 0 aromatic carbocycles. The summed E-state index contributed by atoms with van der Waals surface area (Å²) in [5.41, 5.74) is 0.670. The summed E-state index contributed by atoms with van der Waals surface area (Å²) in [7, 11) is -2.09. The molecule has 3 heterocycles. The maximum atomic E-state index is 12.9. The molecule has 1 fully saturated rings. The molecule has 146 valence electrons. The van der Waals surface area contributed by atoms with Crippen LogP contribution in [-0.2, 0) is 14.6 Å². The molecule has 0 aliphatic carbocycles. The van der Waals surface area contributed by atoms with Gasteiger partial charge in [0.1, 0.15) is 10.6 Å². The van der Waals surface area contributed by atoms with Gasteiger partial charge in [0.05, 0.1) is 10.9 Å². The molecule has 0 unspecified atom stereocenters. The first-order valence-electron chi connectivity index (χ1n) is 8.64. The molecule has 0 bridgehead atoms. The van der Waals surface area contributed by atoms with Crippen LogP contribution < -0.4 is 5.32 Å². The number of rotatable bonds is 5. The zero-order valence-corrected chi connectivity index (χ0v) is 16.8. The number of piperidine rings is 1. The summed E-state index contributed by atoms with van der Waals surface area (Å²) in [5.74, 6) is -1.13. The second-order valence-corrected chi connectivity index (χ2v) is 9.73. The number of amides is 2. The van der Waals surface area contributed by atoms with Crippen molar-refractivity contribution in [1.82, 2.24) is 19.8 Å². The highest BCUT2D eigenvalue weighted by atomic mass is 32.2. The number of carbonyl (C=O) groups is 2. The molecule has 2 aromatic heterocycles. The van der Waals surface area contributed by atoms with Crippen molar-refractivity contribution in [2.24, 2.45) is 0 Å². The average molecular weight is 411 g/mol. The first-order chi connectivity index (χ1) is 12.8. The Bertz CT molecular complexity index is 926. The monoisotopic (exact) mass is 410 g/mol. The molecule has 0 atom stereocenters. The van der Waals surface area contributed by atoms with Crippen LogP contribution in [0.1, 0.15) is 28.2 Å². The van der Waals surface area contributed by atoms with E-state index in [0.29, 0.717) is 36.5 Å². The van der Waals surface area contributed by atoms with Gasteiger partial charge in [-0.05, 0) is 31.9 Å². The van der Waals surface area contributed by atoms with Crippen LogP contribution in [0, 0.1) is 6.92 Å². The van der Waals surface area contributed by atoms with E-state index in [1.807, 2.05) is 29.1 Å². The van der Waals surface area contributed by atoms with Gasteiger partial charge in [0.2, 0.25) is 5.91 Å². The lowest BCUT2D eigenvalue weighted by atomic mass is 10.1. The average Bonchev–Trinajstić information content (AvgIpc) is 3.30. The summed E-state index contributed by atoms with van der Waals surface area (Å²) < 4.78 is 26.5. The number of hydrogen-bond acceptors (Lipinski definition) is 6. The third-order valence-electron chi connectivity index (χ3n) is 4.65. The van der Waals surface area contributed by atoms with Crippen molar-refractivity contribution in [3.8, 4) is 5.13 Å². The molecular formula is C17H22N4O4S2. The van der Waals surface area contributed by atoms with Crippen LogP contribution in [0.3, 0.4) is 0 Å². The molecule has 10 heteroatoms. The van der Waals surface area contributed by atoms with E-state index in [9.17, 15) is 18.0 Å². The number of carbonyl (C=O) groups excluding carboxylic acids is 2. The fourth-order valence-corrected chi connectivity index (χ4v) is 5.76. The number of aromatic nitrogens is 2. The van der Waals surface area contributed by atoms with E-state index in [2.05, 4.69) is 10.3 Å². The van der Waals surface area contributed by atoms with Crippen LogP contribution in [0.25, 0.3) is 5.13 Å². The van der Waals surface area contributed by atoms with E-state index in [1.54, 1.807) is 11.8 Å². The molecule has 1 aliphatic heterocycles. The second-order valence-electron chi connectivity index (χ2n) is 6.47. The smallest absolute Gasteiger partial charge is 0.265 e. The normalized spacial score (nSPS) is 15.7. The highest BCUT2D eigenvalue weighted by Gasteiger charge is 2.33. The highest BCUT2D eigenvalue weighted by Crippen LogP contribution is 2.26. The summed E-state index contributed by atoms with van der Waals surface area (Å²) in [6, 6.07) is 3.78. The van der Waals surface area contributed by atoms with Crippen molar-refractivity contribution >= 4 is 33.0 Å². The van der Waals surface area contributed by atoms with Gasteiger partial charge in [-0.2, -0.15) is 0 Å². The van der Waals surface area contributed by atoms with Crippen LogP contribution in [0.2, 0.25) is 0 Å². The van der Waals surface area contributed by atoms with Crippen molar-refractivity contribution in [2.75, 3.05) is 25.9 Å². The van der Waals surface area contributed by atoms with Crippen LogP contribution in [0.15, 0.2) is 24.5 Å². The van der Waals surface area contributed by atoms with Crippen LogP contribution >= 0.6 is 11.3 Å². The first-order valence-corrected chi connectivity index (χ1v) is 11.2. The third kappa shape index (κ3) is 4.22. The quantitative estimate of drug-likeness (QED) is 0.793. The Kier molecular flexibility index (Phi) is 5.66. The molecule has 1 N–H and O–H groups in total. The maximum Gasteiger partial charge on any atom is 0.265 e. The standard InChI is InChI=1S/C17H22N4O4S2/c1-12-15(26-17(19-12)21-7-3-4-8-21)16(23)20-9-5-13(6-10-20)27(24,25)11-14(22)18-2/h3-4,7-8,13H,5-6,9-11H2,1-2H3,(H,18,22). The summed E-state index contributed by atoms with van der Waals surface area (Å²) in [6.07, 6.45) is 4.42. The topological polar surface area (TPSA) is 101 Å². The molecule has 8 nitrogen and oxygen atoms in total. The van der Waals surface area contributed by atoms with E-state index in [-0.39, 0.29) is 5.91 Å². The fraction of sp³-hybridized carbons (Fsp3) is 0.471. The van der Waals surface area contributed by atoms with Crippen LogP contribution in [-0.4, -0.2) is 65.8 Å². The van der Waals surface area contributed by atoms with Gasteiger partial charge in [0.25, 0.3) is 5.91 Å². The number of sulfone groups is 1. The van der Waals surface area contributed by atoms with Gasteiger partial charge in [0.15, 0.2) is 15.0 Å². The number of hydrogen-bond donors (Lipinski definition) is 1. The van der Waals surface area contributed by atoms with Gasteiger partial charge in [0, 0.05) is 32.5 Å². The number of thiazole rings is 1. The number of aryl methyl sites for hydroxylation is 1. The van der Waals surface area contributed by atoms with E-state index >= 15 is 0 Å². The highest BCUT2D eigenvalue weighted by molar-refractivity contribution is 7.92. The maximum absolute atomic E-state index is 12.9. The zero-order chi connectivity index (χ0) is 19.6. The lowest BCUT2D eigenvalue weighted by molar-refractivity contribution is -0.118. The van der Waals surface area contributed by atoms with Gasteiger partial charge in [-0.25, -0.2) is 13.4 Å². The molecule has 0 radical (unpaired) electrons. The molecule has 2 amide bonds. The summed E-state index contributed by atoms with van der Waals surface area (Å²) in [4.78, 5) is 31.0.